The van der Waals surface area contributed by atoms with E-state index in [1.165, 1.54) is 30.6 Å². The fourth-order valence-corrected chi connectivity index (χ4v) is 2.15. The van der Waals surface area contributed by atoms with E-state index in [4.69, 9.17) is 10.5 Å². The molecule has 0 atom stereocenters. The lowest BCUT2D eigenvalue weighted by Gasteiger charge is -2.05. The molecule has 0 unspecified atom stereocenters. The predicted molar refractivity (Wildman–Crippen MR) is 67.9 cm³/mol. The van der Waals surface area contributed by atoms with Gasteiger partial charge in [-0.1, -0.05) is 11.3 Å². The van der Waals surface area contributed by atoms with Crippen LogP contribution in [0.4, 0.5) is 5.13 Å². The smallest absolute Gasteiger partial charge is 0.332 e. The zero-order valence-corrected chi connectivity index (χ0v) is 12.6. The summed E-state index contributed by atoms with van der Waals surface area (Å²) in [7, 11) is 1.44. The normalized spacial score (nSPS) is 9.74. The zero-order valence-electron chi connectivity index (χ0n) is 10.2. The Kier molecular flexibility index (Phi) is 5.31. The molecular formula is C12H13BrN2O3S. The summed E-state index contributed by atoms with van der Waals surface area (Å²) in [5, 5.41) is 11.9. The molecule has 0 amide bonds. The number of thiazole rings is 1. The number of hydrogen-bond acceptors (Lipinski definition) is 5. The van der Waals surface area contributed by atoms with Gasteiger partial charge in [-0.05, 0) is 18.2 Å². The van der Waals surface area contributed by atoms with E-state index in [9.17, 15) is 9.90 Å². The third kappa shape index (κ3) is 3.45. The molecule has 102 valence electrons. The molecule has 0 spiro atoms. The highest BCUT2D eigenvalue weighted by atomic mass is 79.9. The Morgan fingerprint density at radius 3 is 2.84 bits per heavy atom. The summed E-state index contributed by atoms with van der Waals surface area (Å²) < 4.78 is 6.64. The Balaban J connectivity index is 0.00000180. The first-order valence-electron chi connectivity index (χ1n) is 5.24. The van der Waals surface area contributed by atoms with Crippen LogP contribution in [0.5, 0.6) is 11.5 Å². The summed E-state index contributed by atoms with van der Waals surface area (Å²) in [6.07, 6.45) is 1.76. The second kappa shape index (κ2) is 6.53. The molecule has 1 aromatic heterocycles. The Morgan fingerprint density at radius 1 is 1.53 bits per heavy atom. The van der Waals surface area contributed by atoms with Crippen molar-refractivity contribution in [2.45, 2.75) is 6.54 Å². The SMILES string of the molecule is COc1cc(C(=O)C[n+]2ccsc2N)ccc1O.[Br-]. The highest BCUT2D eigenvalue weighted by Crippen LogP contribution is 2.26. The van der Waals surface area contributed by atoms with Crippen LogP contribution in [-0.4, -0.2) is 18.0 Å². The number of Topliss-reactive ketones (excluding diaryl/α,β-unsaturated/α-hetero) is 1. The summed E-state index contributed by atoms with van der Waals surface area (Å²) in [4.78, 5) is 12.0. The van der Waals surface area contributed by atoms with Gasteiger partial charge < -0.3 is 26.8 Å². The zero-order chi connectivity index (χ0) is 13.1. The molecule has 0 aliphatic heterocycles. The number of aromatic nitrogens is 1. The predicted octanol–water partition coefficient (Wildman–Crippen LogP) is -1.78. The Bertz CT molecular complexity index is 586. The van der Waals surface area contributed by atoms with Gasteiger partial charge in [-0.2, -0.15) is 0 Å². The van der Waals surface area contributed by atoms with E-state index in [1.54, 1.807) is 16.8 Å². The number of carbonyl (C=O) groups excluding carboxylic acids is 1. The van der Waals surface area contributed by atoms with Crippen LogP contribution in [0, 0.1) is 0 Å². The second-order valence-electron chi connectivity index (χ2n) is 3.68. The van der Waals surface area contributed by atoms with Crippen molar-refractivity contribution < 1.29 is 36.2 Å². The van der Waals surface area contributed by atoms with Gasteiger partial charge in [-0.3, -0.25) is 10.5 Å². The number of carbonyl (C=O) groups is 1. The minimum atomic E-state index is -0.0941. The number of anilines is 1. The van der Waals surface area contributed by atoms with Crippen molar-refractivity contribution in [1.29, 1.82) is 0 Å². The number of aromatic hydroxyl groups is 1. The number of benzene rings is 1. The highest BCUT2D eigenvalue weighted by Gasteiger charge is 2.15. The van der Waals surface area contributed by atoms with Crippen molar-refractivity contribution in [2.24, 2.45) is 0 Å². The Labute approximate surface area is 125 Å². The largest absolute Gasteiger partial charge is 1.00 e. The molecule has 2 aromatic rings. The van der Waals surface area contributed by atoms with Crippen molar-refractivity contribution in [2.75, 3.05) is 12.8 Å². The molecule has 2 rings (SSSR count). The van der Waals surface area contributed by atoms with E-state index in [-0.39, 0.29) is 40.8 Å². The first kappa shape index (κ1) is 15.5. The highest BCUT2D eigenvalue weighted by molar-refractivity contribution is 7.12. The van der Waals surface area contributed by atoms with Gasteiger partial charge in [0.2, 0.25) is 5.78 Å². The first-order chi connectivity index (χ1) is 8.61. The van der Waals surface area contributed by atoms with Crippen LogP contribution < -0.4 is 32.0 Å². The van der Waals surface area contributed by atoms with Gasteiger partial charge >= 0.3 is 5.13 Å². The number of nitrogen functional groups attached to an aromatic ring is 1. The minimum Gasteiger partial charge on any atom is -1.00 e. The van der Waals surface area contributed by atoms with E-state index in [0.717, 1.165) is 0 Å². The lowest BCUT2D eigenvalue weighted by molar-refractivity contribution is -0.664. The Hall–Kier alpha value is -1.60. The van der Waals surface area contributed by atoms with Gasteiger partial charge in [-0.15, -0.1) is 0 Å². The number of ether oxygens (including phenoxy) is 1. The number of ketones is 1. The van der Waals surface area contributed by atoms with E-state index >= 15 is 0 Å². The minimum absolute atomic E-state index is 0. The van der Waals surface area contributed by atoms with Crippen LogP contribution in [0.2, 0.25) is 0 Å². The molecule has 19 heavy (non-hydrogen) atoms. The molecule has 0 radical (unpaired) electrons. The number of halogens is 1. The third-order valence-electron chi connectivity index (χ3n) is 2.53. The second-order valence-corrected chi connectivity index (χ2v) is 4.61. The van der Waals surface area contributed by atoms with Crippen LogP contribution in [0.1, 0.15) is 10.4 Å². The fourth-order valence-electron chi connectivity index (χ4n) is 1.54. The summed E-state index contributed by atoms with van der Waals surface area (Å²) in [5.41, 5.74) is 6.19. The van der Waals surface area contributed by atoms with Crippen LogP contribution in [0.25, 0.3) is 0 Å². The molecule has 1 aromatic carbocycles. The summed E-state index contributed by atoms with van der Waals surface area (Å²) in [5.74, 6) is 0.198. The molecule has 0 aliphatic rings. The summed E-state index contributed by atoms with van der Waals surface area (Å²) in [6.45, 7) is 0.170. The van der Waals surface area contributed by atoms with Crippen LogP contribution in [0.15, 0.2) is 29.8 Å². The number of phenolic OH excluding ortho intramolecular Hbond substituents is 1. The average molecular weight is 345 g/mol. The lowest BCUT2D eigenvalue weighted by Crippen LogP contribution is -3.00. The average Bonchev–Trinajstić information content (AvgIpc) is 2.75. The number of methoxy groups -OCH3 is 1. The first-order valence-corrected chi connectivity index (χ1v) is 6.12. The Morgan fingerprint density at radius 2 is 2.26 bits per heavy atom. The van der Waals surface area contributed by atoms with Gasteiger partial charge in [-0.25, -0.2) is 4.57 Å². The standard InChI is InChI=1S/C12H12N2O3S.BrH/c1-17-11-6-8(2-3-9(11)15)10(16)7-14-4-5-18-12(14)13;/h2-6,13H,7H2,1H3,(H,15,16);1H. The number of phenols is 1. The molecule has 0 saturated carbocycles. The van der Waals surface area contributed by atoms with E-state index in [2.05, 4.69) is 0 Å². The molecule has 1 heterocycles. The number of nitrogens with two attached hydrogens (primary N) is 1. The molecule has 0 aliphatic carbocycles. The van der Waals surface area contributed by atoms with Crippen LogP contribution >= 0.6 is 11.3 Å². The summed E-state index contributed by atoms with van der Waals surface area (Å²) >= 11 is 1.38. The maximum Gasteiger partial charge on any atom is 0.332 e. The van der Waals surface area contributed by atoms with Gasteiger partial charge in [0.05, 0.1) is 7.11 Å². The van der Waals surface area contributed by atoms with Crippen molar-refractivity contribution >= 4 is 22.3 Å². The molecule has 0 saturated heterocycles. The van der Waals surface area contributed by atoms with Gasteiger partial charge in [0.15, 0.2) is 18.0 Å². The van der Waals surface area contributed by atoms with Crippen molar-refractivity contribution in [3.8, 4) is 11.5 Å². The van der Waals surface area contributed by atoms with Gasteiger partial charge in [0, 0.05) is 10.9 Å². The van der Waals surface area contributed by atoms with Crippen LogP contribution in [-0.2, 0) is 6.54 Å². The van der Waals surface area contributed by atoms with E-state index < -0.39 is 0 Å². The quantitative estimate of drug-likeness (QED) is 0.508. The van der Waals surface area contributed by atoms with Crippen molar-refractivity contribution in [3.63, 3.8) is 0 Å². The third-order valence-corrected chi connectivity index (χ3v) is 3.26. The maximum atomic E-state index is 12.0. The molecule has 7 heteroatoms. The van der Waals surface area contributed by atoms with Crippen LogP contribution in [0.3, 0.4) is 0 Å². The molecule has 3 N–H and O–H groups in total. The number of rotatable bonds is 4. The van der Waals surface area contributed by atoms with Gasteiger partial charge in [0.25, 0.3) is 0 Å². The van der Waals surface area contributed by atoms with Crippen molar-refractivity contribution in [3.05, 3.63) is 35.3 Å². The fraction of sp³-hybridized carbons (Fsp3) is 0.167. The number of hydrogen-bond donors (Lipinski definition) is 2. The monoisotopic (exact) mass is 344 g/mol. The van der Waals surface area contributed by atoms with E-state index in [0.29, 0.717) is 10.7 Å². The van der Waals surface area contributed by atoms with Crippen molar-refractivity contribution in [1.82, 2.24) is 0 Å². The molecule has 0 fully saturated rings. The van der Waals surface area contributed by atoms with Gasteiger partial charge in [0.1, 0.15) is 6.20 Å². The topological polar surface area (TPSA) is 76.4 Å². The lowest BCUT2D eigenvalue weighted by atomic mass is 10.1. The summed E-state index contributed by atoms with van der Waals surface area (Å²) in [6, 6.07) is 4.51. The molecule has 0 bridgehead atoms. The number of nitrogens with zero attached hydrogens (tertiary/aromatic N) is 1. The molecular weight excluding hydrogens is 332 g/mol. The van der Waals surface area contributed by atoms with E-state index in [1.807, 2.05) is 5.38 Å². The maximum absolute atomic E-state index is 12.0. The molecule has 5 nitrogen and oxygen atoms in total.